The number of benzene rings is 1. The molecule has 6 heteroatoms. The van der Waals surface area contributed by atoms with Crippen LogP contribution in [0.2, 0.25) is 0 Å². The highest BCUT2D eigenvalue weighted by molar-refractivity contribution is 5.90. The molecule has 0 aliphatic carbocycles. The van der Waals surface area contributed by atoms with Gasteiger partial charge in [0.25, 0.3) is 0 Å². The molecule has 92 valence electrons. The van der Waals surface area contributed by atoms with E-state index in [9.17, 15) is 19.3 Å². The highest BCUT2D eigenvalue weighted by Crippen LogP contribution is 2.19. The summed E-state index contributed by atoms with van der Waals surface area (Å²) in [6, 6.07) is 2.92. The van der Waals surface area contributed by atoms with Gasteiger partial charge in [0.2, 0.25) is 5.82 Å². The zero-order valence-corrected chi connectivity index (χ0v) is 9.47. The predicted molar refractivity (Wildman–Crippen MR) is 58.2 cm³/mol. The first-order valence-corrected chi connectivity index (χ1v) is 5.10. The standard InChI is InChI=1S/C11H12FNO4/c1-3-7(2)17-11(14)8-4-5-9(12)10(6-8)13(15)16/h4-7H,3H2,1-2H3. The lowest BCUT2D eigenvalue weighted by Crippen LogP contribution is -2.14. The van der Waals surface area contributed by atoms with E-state index in [1.165, 1.54) is 0 Å². The maximum atomic E-state index is 13.0. The minimum absolute atomic E-state index is 0.0293. The van der Waals surface area contributed by atoms with Crippen molar-refractivity contribution in [1.29, 1.82) is 0 Å². The Morgan fingerprint density at radius 2 is 2.24 bits per heavy atom. The quantitative estimate of drug-likeness (QED) is 0.461. The Morgan fingerprint density at radius 3 is 2.76 bits per heavy atom. The molecule has 0 heterocycles. The molecule has 0 N–H and O–H groups in total. The van der Waals surface area contributed by atoms with Crippen molar-refractivity contribution in [3.05, 3.63) is 39.7 Å². The van der Waals surface area contributed by atoms with Gasteiger partial charge in [-0.15, -0.1) is 0 Å². The lowest BCUT2D eigenvalue weighted by atomic mass is 10.2. The molecule has 0 saturated carbocycles. The number of carbonyl (C=O) groups excluding carboxylic acids is 1. The molecule has 5 nitrogen and oxygen atoms in total. The van der Waals surface area contributed by atoms with Crippen molar-refractivity contribution in [2.45, 2.75) is 26.4 Å². The predicted octanol–water partition coefficient (Wildman–Crippen LogP) is 2.69. The van der Waals surface area contributed by atoms with Crippen LogP contribution in [0.15, 0.2) is 18.2 Å². The van der Waals surface area contributed by atoms with Crippen molar-refractivity contribution in [2.75, 3.05) is 0 Å². The van der Waals surface area contributed by atoms with E-state index in [1.54, 1.807) is 6.92 Å². The van der Waals surface area contributed by atoms with Crippen LogP contribution in [0.1, 0.15) is 30.6 Å². The average Bonchev–Trinajstić information content (AvgIpc) is 2.28. The molecule has 1 aromatic rings. The second-order valence-corrected chi connectivity index (χ2v) is 3.55. The number of esters is 1. The van der Waals surface area contributed by atoms with Crippen molar-refractivity contribution < 1.29 is 18.8 Å². The second kappa shape index (κ2) is 5.38. The van der Waals surface area contributed by atoms with E-state index >= 15 is 0 Å². The van der Waals surface area contributed by atoms with E-state index in [1.807, 2.05) is 6.92 Å². The molecule has 0 aliphatic rings. The van der Waals surface area contributed by atoms with Crippen LogP contribution in [0.5, 0.6) is 0 Å². The topological polar surface area (TPSA) is 69.4 Å². The molecule has 0 saturated heterocycles. The van der Waals surface area contributed by atoms with E-state index in [4.69, 9.17) is 4.74 Å². The van der Waals surface area contributed by atoms with E-state index in [2.05, 4.69) is 0 Å². The van der Waals surface area contributed by atoms with E-state index < -0.39 is 22.4 Å². The Balaban J connectivity index is 2.96. The fourth-order valence-corrected chi connectivity index (χ4v) is 1.11. The third kappa shape index (κ3) is 3.24. The van der Waals surface area contributed by atoms with Crippen LogP contribution in [0.3, 0.4) is 0 Å². The van der Waals surface area contributed by atoms with Crippen LogP contribution in [0.4, 0.5) is 10.1 Å². The first-order valence-electron chi connectivity index (χ1n) is 5.10. The number of nitro groups is 1. The molecule has 0 aromatic heterocycles. The monoisotopic (exact) mass is 241 g/mol. The van der Waals surface area contributed by atoms with E-state index in [0.29, 0.717) is 6.42 Å². The molecule has 1 aromatic carbocycles. The molecule has 1 unspecified atom stereocenters. The maximum Gasteiger partial charge on any atom is 0.338 e. The molecule has 0 aliphatic heterocycles. The maximum absolute atomic E-state index is 13.0. The fraction of sp³-hybridized carbons (Fsp3) is 0.364. The van der Waals surface area contributed by atoms with Crippen LogP contribution < -0.4 is 0 Å². The largest absolute Gasteiger partial charge is 0.459 e. The van der Waals surface area contributed by atoms with Crippen LogP contribution in [-0.2, 0) is 4.74 Å². The molecule has 1 rings (SSSR count). The number of hydrogen-bond donors (Lipinski definition) is 0. The smallest absolute Gasteiger partial charge is 0.338 e. The first-order chi connectivity index (χ1) is 7.95. The molecule has 0 amide bonds. The van der Waals surface area contributed by atoms with Crippen LogP contribution in [0.25, 0.3) is 0 Å². The van der Waals surface area contributed by atoms with Gasteiger partial charge in [0.1, 0.15) is 0 Å². The Hall–Kier alpha value is -1.98. The van der Waals surface area contributed by atoms with Crippen LogP contribution in [-0.4, -0.2) is 17.0 Å². The van der Waals surface area contributed by atoms with Gasteiger partial charge in [0.05, 0.1) is 16.6 Å². The summed E-state index contributed by atoms with van der Waals surface area (Å²) in [7, 11) is 0. The summed E-state index contributed by atoms with van der Waals surface area (Å²) in [6.45, 7) is 3.54. The molecular formula is C11H12FNO4. The van der Waals surface area contributed by atoms with Crippen molar-refractivity contribution in [1.82, 2.24) is 0 Å². The Labute approximate surface area is 97.3 Å². The molecule has 0 bridgehead atoms. The normalized spacial score (nSPS) is 11.9. The summed E-state index contributed by atoms with van der Waals surface area (Å²) in [5.41, 5.74) is -0.762. The highest BCUT2D eigenvalue weighted by Gasteiger charge is 2.19. The highest BCUT2D eigenvalue weighted by atomic mass is 19.1. The number of hydrogen-bond acceptors (Lipinski definition) is 4. The number of rotatable bonds is 4. The Kier molecular flexibility index (Phi) is 4.14. The van der Waals surface area contributed by atoms with Crippen LogP contribution >= 0.6 is 0 Å². The zero-order valence-electron chi connectivity index (χ0n) is 9.47. The van der Waals surface area contributed by atoms with Crippen molar-refractivity contribution >= 4 is 11.7 Å². The number of halogens is 1. The number of nitro benzene ring substituents is 1. The summed E-state index contributed by atoms with van der Waals surface area (Å²) in [5, 5.41) is 10.5. The summed E-state index contributed by atoms with van der Waals surface area (Å²) in [4.78, 5) is 21.1. The van der Waals surface area contributed by atoms with E-state index in [-0.39, 0.29) is 11.7 Å². The average molecular weight is 241 g/mol. The molecule has 17 heavy (non-hydrogen) atoms. The van der Waals surface area contributed by atoms with Crippen LogP contribution in [0, 0.1) is 15.9 Å². The lowest BCUT2D eigenvalue weighted by molar-refractivity contribution is -0.387. The minimum atomic E-state index is -0.977. The first kappa shape index (κ1) is 13.1. The van der Waals surface area contributed by atoms with E-state index in [0.717, 1.165) is 18.2 Å². The Bertz CT molecular complexity index is 447. The summed E-state index contributed by atoms with van der Waals surface area (Å²) >= 11 is 0. The van der Waals surface area contributed by atoms with Gasteiger partial charge >= 0.3 is 11.7 Å². The van der Waals surface area contributed by atoms with Gasteiger partial charge in [-0.3, -0.25) is 10.1 Å². The SMILES string of the molecule is CCC(C)OC(=O)c1ccc(F)c([N+](=O)[O-])c1. The summed E-state index contributed by atoms with van der Waals surface area (Å²) in [6.07, 6.45) is 0.348. The minimum Gasteiger partial charge on any atom is -0.459 e. The van der Waals surface area contributed by atoms with Gasteiger partial charge in [0, 0.05) is 6.07 Å². The van der Waals surface area contributed by atoms with Gasteiger partial charge < -0.3 is 4.74 Å². The number of carbonyl (C=O) groups is 1. The Morgan fingerprint density at radius 1 is 1.59 bits per heavy atom. The van der Waals surface area contributed by atoms with Crippen molar-refractivity contribution in [3.8, 4) is 0 Å². The molecular weight excluding hydrogens is 229 g/mol. The zero-order chi connectivity index (χ0) is 13.0. The number of ether oxygens (including phenoxy) is 1. The lowest BCUT2D eigenvalue weighted by Gasteiger charge is -2.10. The molecule has 0 spiro atoms. The summed E-state index contributed by atoms with van der Waals surface area (Å²) < 4.78 is 18.0. The second-order valence-electron chi connectivity index (χ2n) is 3.55. The third-order valence-electron chi connectivity index (χ3n) is 2.26. The third-order valence-corrected chi connectivity index (χ3v) is 2.26. The van der Waals surface area contributed by atoms with Crippen molar-refractivity contribution in [3.63, 3.8) is 0 Å². The van der Waals surface area contributed by atoms with Crippen molar-refractivity contribution in [2.24, 2.45) is 0 Å². The van der Waals surface area contributed by atoms with Gasteiger partial charge in [-0.05, 0) is 25.5 Å². The number of nitrogens with zero attached hydrogens (tertiary/aromatic N) is 1. The molecule has 1 atom stereocenters. The van der Waals surface area contributed by atoms with Gasteiger partial charge in [-0.2, -0.15) is 4.39 Å². The molecule has 0 radical (unpaired) electrons. The summed E-state index contributed by atoms with van der Waals surface area (Å²) in [5.74, 6) is -1.67. The van der Waals surface area contributed by atoms with Gasteiger partial charge in [-0.1, -0.05) is 6.92 Å². The fourth-order valence-electron chi connectivity index (χ4n) is 1.11. The molecule has 0 fully saturated rings. The van der Waals surface area contributed by atoms with Gasteiger partial charge in [-0.25, -0.2) is 4.79 Å². The van der Waals surface area contributed by atoms with Gasteiger partial charge in [0.15, 0.2) is 0 Å².